The molecule has 0 radical (unpaired) electrons. The number of nitrogens with one attached hydrogen (secondary N) is 3. The molecule has 10 heteroatoms. The van der Waals surface area contributed by atoms with E-state index in [1.807, 2.05) is 0 Å². The van der Waals surface area contributed by atoms with Crippen LogP contribution in [0.5, 0.6) is 0 Å². The summed E-state index contributed by atoms with van der Waals surface area (Å²) < 4.78 is 22.6. The molecule has 1 aromatic rings. The number of anilines is 1. The number of carbonyl (C=O) groups excluding carboxylic acids is 2. The van der Waals surface area contributed by atoms with Crippen LogP contribution in [0.2, 0.25) is 10.0 Å². The second kappa shape index (κ2) is 7.37. The van der Waals surface area contributed by atoms with Gasteiger partial charge in [-0.15, -0.1) is 0 Å². The van der Waals surface area contributed by atoms with Crippen LogP contribution in [0.25, 0.3) is 0 Å². The first-order chi connectivity index (χ1) is 10.7. The molecule has 2 rings (SSSR count). The standard InChI is InChI=1S/C13H15Cl2N3O4S/c14-8-3-9(15)5-11(4-8)17-12(19)6-16-13(20)18-10-1-2-23(21,22)7-10/h3-5,10H,1-2,6-7H2,(H,17,19)(H2,16,18,20)/t10-/m1/s1. The van der Waals surface area contributed by atoms with Crippen LogP contribution in [-0.2, 0) is 14.6 Å². The smallest absolute Gasteiger partial charge is 0.315 e. The second-order valence-electron chi connectivity index (χ2n) is 5.13. The van der Waals surface area contributed by atoms with Crippen molar-refractivity contribution in [3.05, 3.63) is 28.2 Å². The molecule has 1 aliphatic rings. The molecule has 1 aliphatic heterocycles. The van der Waals surface area contributed by atoms with Crippen LogP contribution in [0.4, 0.5) is 10.5 Å². The van der Waals surface area contributed by atoms with Crippen molar-refractivity contribution in [3.8, 4) is 0 Å². The molecule has 0 aromatic heterocycles. The van der Waals surface area contributed by atoms with Gasteiger partial charge in [-0.05, 0) is 24.6 Å². The highest BCUT2D eigenvalue weighted by Crippen LogP contribution is 2.22. The molecule has 23 heavy (non-hydrogen) atoms. The van der Waals surface area contributed by atoms with Crippen molar-refractivity contribution in [2.24, 2.45) is 0 Å². The first-order valence-corrected chi connectivity index (χ1v) is 9.32. The van der Waals surface area contributed by atoms with Gasteiger partial charge in [-0.3, -0.25) is 4.79 Å². The highest BCUT2D eigenvalue weighted by molar-refractivity contribution is 7.91. The molecule has 3 amide bonds. The van der Waals surface area contributed by atoms with Gasteiger partial charge in [0.25, 0.3) is 0 Å². The first kappa shape index (κ1) is 17.8. The highest BCUT2D eigenvalue weighted by atomic mass is 35.5. The summed E-state index contributed by atoms with van der Waals surface area (Å²) in [5.74, 6) is -0.473. The Labute approximate surface area is 143 Å². The lowest BCUT2D eigenvalue weighted by atomic mass is 10.3. The largest absolute Gasteiger partial charge is 0.334 e. The molecule has 1 fully saturated rings. The first-order valence-electron chi connectivity index (χ1n) is 6.74. The molecule has 0 unspecified atom stereocenters. The van der Waals surface area contributed by atoms with Gasteiger partial charge in [-0.25, -0.2) is 13.2 Å². The van der Waals surface area contributed by atoms with Crippen LogP contribution in [0, 0.1) is 0 Å². The lowest BCUT2D eigenvalue weighted by Gasteiger charge is -2.12. The fourth-order valence-electron chi connectivity index (χ4n) is 2.14. The summed E-state index contributed by atoms with van der Waals surface area (Å²) in [5, 5.41) is 8.17. The van der Waals surface area contributed by atoms with E-state index in [0.29, 0.717) is 22.2 Å². The Balaban J connectivity index is 1.76. The van der Waals surface area contributed by atoms with Gasteiger partial charge in [0.1, 0.15) is 0 Å². The van der Waals surface area contributed by atoms with E-state index in [2.05, 4.69) is 16.0 Å². The van der Waals surface area contributed by atoms with Crippen molar-refractivity contribution in [2.45, 2.75) is 12.5 Å². The maximum Gasteiger partial charge on any atom is 0.315 e. The van der Waals surface area contributed by atoms with Gasteiger partial charge in [0.2, 0.25) is 5.91 Å². The molecule has 1 aromatic carbocycles. The van der Waals surface area contributed by atoms with E-state index in [9.17, 15) is 18.0 Å². The van der Waals surface area contributed by atoms with Crippen molar-refractivity contribution in [3.63, 3.8) is 0 Å². The Morgan fingerprint density at radius 3 is 2.39 bits per heavy atom. The van der Waals surface area contributed by atoms with Gasteiger partial charge in [0, 0.05) is 21.8 Å². The summed E-state index contributed by atoms with van der Waals surface area (Å²) in [7, 11) is -3.07. The zero-order valence-electron chi connectivity index (χ0n) is 11.9. The quantitative estimate of drug-likeness (QED) is 0.735. The number of urea groups is 1. The minimum Gasteiger partial charge on any atom is -0.334 e. The molecule has 1 saturated heterocycles. The predicted molar refractivity (Wildman–Crippen MR) is 88.7 cm³/mol. The zero-order chi connectivity index (χ0) is 17.0. The lowest BCUT2D eigenvalue weighted by Crippen LogP contribution is -2.45. The van der Waals surface area contributed by atoms with Crippen molar-refractivity contribution >= 4 is 50.7 Å². The molecule has 0 bridgehead atoms. The van der Waals surface area contributed by atoms with Crippen LogP contribution in [-0.4, -0.2) is 44.4 Å². The summed E-state index contributed by atoms with van der Waals surface area (Å²) in [4.78, 5) is 23.4. The van der Waals surface area contributed by atoms with Crippen molar-refractivity contribution in [1.29, 1.82) is 0 Å². The Kier molecular flexibility index (Phi) is 5.72. The minimum atomic E-state index is -3.07. The maximum absolute atomic E-state index is 11.7. The summed E-state index contributed by atoms with van der Waals surface area (Å²) in [5.41, 5.74) is 0.414. The van der Waals surface area contributed by atoms with Crippen molar-refractivity contribution in [1.82, 2.24) is 10.6 Å². The van der Waals surface area contributed by atoms with E-state index in [1.54, 1.807) is 0 Å². The third-order valence-electron chi connectivity index (χ3n) is 3.12. The van der Waals surface area contributed by atoms with E-state index in [4.69, 9.17) is 23.2 Å². The Bertz CT molecular complexity index is 704. The molecule has 1 atom stereocenters. The SMILES string of the molecule is O=C(CNC(=O)N[C@@H]1CCS(=O)(=O)C1)Nc1cc(Cl)cc(Cl)c1. The predicted octanol–water partition coefficient (Wildman–Crippen LogP) is 1.42. The maximum atomic E-state index is 11.7. The monoisotopic (exact) mass is 379 g/mol. The third-order valence-corrected chi connectivity index (χ3v) is 5.33. The van der Waals surface area contributed by atoms with Crippen molar-refractivity contribution < 1.29 is 18.0 Å². The molecule has 3 N–H and O–H groups in total. The van der Waals surface area contributed by atoms with E-state index in [0.717, 1.165) is 0 Å². The average Bonchev–Trinajstić information content (AvgIpc) is 2.74. The normalized spacial score (nSPS) is 19.1. The number of halogens is 2. The van der Waals surface area contributed by atoms with E-state index in [1.165, 1.54) is 18.2 Å². The summed E-state index contributed by atoms with van der Waals surface area (Å²) in [6, 6.07) is 3.56. The van der Waals surface area contributed by atoms with Crippen LogP contribution in [0.1, 0.15) is 6.42 Å². The van der Waals surface area contributed by atoms with Gasteiger partial charge in [0.05, 0.1) is 18.1 Å². The van der Waals surface area contributed by atoms with E-state index in [-0.39, 0.29) is 18.1 Å². The number of amides is 3. The number of rotatable bonds is 4. The Morgan fingerprint density at radius 2 is 1.83 bits per heavy atom. The average molecular weight is 380 g/mol. The molecule has 1 heterocycles. The van der Waals surface area contributed by atoms with E-state index < -0.39 is 27.8 Å². The van der Waals surface area contributed by atoms with Gasteiger partial charge < -0.3 is 16.0 Å². The second-order valence-corrected chi connectivity index (χ2v) is 8.23. The third kappa shape index (κ3) is 5.89. The fourth-order valence-corrected chi connectivity index (χ4v) is 4.34. The Morgan fingerprint density at radius 1 is 1.17 bits per heavy atom. The number of hydrogen-bond acceptors (Lipinski definition) is 4. The molecule has 0 spiro atoms. The summed E-state index contributed by atoms with van der Waals surface area (Å²) in [6.45, 7) is -0.268. The summed E-state index contributed by atoms with van der Waals surface area (Å²) in [6.07, 6.45) is 0.378. The van der Waals surface area contributed by atoms with Gasteiger partial charge in [-0.2, -0.15) is 0 Å². The Hall–Kier alpha value is -1.51. The number of hydrogen-bond donors (Lipinski definition) is 3. The van der Waals surface area contributed by atoms with Crippen LogP contribution >= 0.6 is 23.2 Å². The number of benzene rings is 1. The van der Waals surface area contributed by atoms with Gasteiger partial charge in [0.15, 0.2) is 9.84 Å². The number of carbonyl (C=O) groups is 2. The van der Waals surface area contributed by atoms with Crippen LogP contribution in [0.15, 0.2) is 18.2 Å². The van der Waals surface area contributed by atoms with Crippen LogP contribution < -0.4 is 16.0 Å². The van der Waals surface area contributed by atoms with E-state index >= 15 is 0 Å². The topological polar surface area (TPSA) is 104 Å². The molecule has 126 valence electrons. The zero-order valence-corrected chi connectivity index (χ0v) is 14.3. The summed E-state index contributed by atoms with van der Waals surface area (Å²) >= 11 is 11.6. The fraction of sp³-hybridized carbons (Fsp3) is 0.385. The van der Waals surface area contributed by atoms with Gasteiger partial charge in [-0.1, -0.05) is 23.2 Å². The lowest BCUT2D eigenvalue weighted by molar-refractivity contribution is -0.115. The molecule has 0 aliphatic carbocycles. The highest BCUT2D eigenvalue weighted by Gasteiger charge is 2.28. The van der Waals surface area contributed by atoms with Crippen molar-refractivity contribution in [2.75, 3.05) is 23.4 Å². The molecule has 7 nitrogen and oxygen atoms in total. The number of sulfone groups is 1. The van der Waals surface area contributed by atoms with Gasteiger partial charge >= 0.3 is 6.03 Å². The molecular formula is C13H15Cl2N3O4S. The molecule has 0 saturated carbocycles. The van der Waals surface area contributed by atoms with Crippen LogP contribution in [0.3, 0.4) is 0 Å². The minimum absolute atomic E-state index is 0.0635. The molecular weight excluding hydrogens is 365 g/mol.